The van der Waals surface area contributed by atoms with Gasteiger partial charge in [-0.25, -0.2) is 0 Å². The van der Waals surface area contributed by atoms with Crippen molar-refractivity contribution in [2.75, 3.05) is 0 Å². The molecule has 0 unspecified atom stereocenters. The SMILES string of the molecule is CC[C@@H](Oc1cc(C)cc(C)c1)C(=O)N[C@H](CC(C)C)c1ccccc1. The first kappa shape index (κ1) is 20.0. The maximum absolute atomic E-state index is 12.9. The summed E-state index contributed by atoms with van der Waals surface area (Å²) in [6, 6.07) is 16.2. The molecular formula is C23H31NO2. The van der Waals surface area contributed by atoms with Crippen molar-refractivity contribution in [3.63, 3.8) is 0 Å². The van der Waals surface area contributed by atoms with E-state index in [1.54, 1.807) is 0 Å². The largest absolute Gasteiger partial charge is 0.481 e. The van der Waals surface area contributed by atoms with Crippen LogP contribution in [0.1, 0.15) is 56.3 Å². The van der Waals surface area contributed by atoms with Gasteiger partial charge in [-0.3, -0.25) is 4.79 Å². The molecule has 2 atom stereocenters. The average molecular weight is 354 g/mol. The van der Waals surface area contributed by atoms with Gasteiger partial charge in [-0.05, 0) is 61.4 Å². The third-order valence-electron chi connectivity index (χ3n) is 4.36. The smallest absolute Gasteiger partial charge is 0.261 e. The van der Waals surface area contributed by atoms with Crippen molar-refractivity contribution in [2.45, 2.75) is 59.6 Å². The normalized spacial score (nSPS) is 13.3. The van der Waals surface area contributed by atoms with E-state index in [0.717, 1.165) is 28.9 Å². The topological polar surface area (TPSA) is 38.3 Å². The molecule has 140 valence electrons. The van der Waals surface area contributed by atoms with Crippen molar-refractivity contribution in [1.29, 1.82) is 0 Å². The maximum atomic E-state index is 12.9. The van der Waals surface area contributed by atoms with Crippen molar-refractivity contribution in [1.82, 2.24) is 5.32 Å². The van der Waals surface area contributed by atoms with Gasteiger partial charge in [-0.1, -0.05) is 57.2 Å². The Hall–Kier alpha value is -2.29. The van der Waals surface area contributed by atoms with Crippen molar-refractivity contribution < 1.29 is 9.53 Å². The lowest BCUT2D eigenvalue weighted by atomic mass is 9.96. The number of benzene rings is 2. The molecule has 0 aliphatic heterocycles. The molecule has 26 heavy (non-hydrogen) atoms. The Bertz CT molecular complexity index is 689. The first-order chi connectivity index (χ1) is 12.4. The summed E-state index contributed by atoms with van der Waals surface area (Å²) < 4.78 is 6.02. The molecule has 0 aliphatic rings. The second-order valence-electron chi connectivity index (χ2n) is 7.44. The predicted octanol–water partition coefficient (Wildman–Crippen LogP) is 5.36. The van der Waals surface area contributed by atoms with Crippen LogP contribution in [-0.4, -0.2) is 12.0 Å². The van der Waals surface area contributed by atoms with Crippen LogP contribution in [0.3, 0.4) is 0 Å². The van der Waals surface area contributed by atoms with Crippen LogP contribution >= 0.6 is 0 Å². The van der Waals surface area contributed by atoms with E-state index in [4.69, 9.17) is 4.74 Å². The van der Waals surface area contributed by atoms with E-state index < -0.39 is 6.10 Å². The van der Waals surface area contributed by atoms with Gasteiger partial charge < -0.3 is 10.1 Å². The van der Waals surface area contributed by atoms with Gasteiger partial charge in [-0.15, -0.1) is 0 Å². The van der Waals surface area contributed by atoms with Gasteiger partial charge >= 0.3 is 0 Å². The van der Waals surface area contributed by atoms with E-state index in [9.17, 15) is 4.79 Å². The number of nitrogens with one attached hydrogen (secondary N) is 1. The van der Waals surface area contributed by atoms with E-state index in [1.807, 2.05) is 51.1 Å². The van der Waals surface area contributed by atoms with Gasteiger partial charge in [0, 0.05) is 0 Å². The zero-order valence-electron chi connectivity index (χ0n) is 16.6. The number of aryl methyl sites for hydroxylation is 2. The first-order valence-corrected chi connectivity index (χ1v) is 9.49. The summed E-state index contributed by atoms with van der Waals surface area (Å²) in [5.74, 6) is 1.19. The molecule has 0 radical (unpaired) electrons. The van der Waals surface area contributed by atoms with Crippen LogP contribution in [0.15, 0.2) is 48.5 Å². The molecule has 0 aromatic heterocycles. The van der Waals surface area contributed by atoms with Crippen molar-refractivity contribution in [2.24, 2.45) is 5.92 Å². The Morgan fingerprint density at radius 2 is 1.65 bits per heavy atom. The Morgan fingerprint density at radius 3 is 2.19 bits per heavy atom. The lowest BCUT2D eigenvalue weighted by molar-refractivity contribution is -0.129. The molecule has 0 aliphatic carbocycles. The van der Waals surface area contributed by atoms with Crippen LogP contribution in [0.4, 0.5) is 0 Å². The summed E-state index contributed by atoms with van der Waals surface area (Å²) in [7, 11) is 0. The highest BCUT2D eigenvalue weighted by Gasteiger charge is 2.23. The Labute approximate surface area is 157 Å². The standard InChI is InChI=1S/C23H31NO2/c1-6-22(26-20-14-17(4)13-18(5)15-20)23(25)24-21(12-16(2)3)19-10-8-7-9-11-19/h7-11,13-16,21-22H,6,12H2,1-5H3,(H,24,25)/t21-,22-/m1/s1. The molecular weight excluding hydrogens is 322 g/mol. The van der Waals surface area contributed by atoms with Crippen LogP contribution in [0, 0.1) is 19.8 Å². The summed E-state index contributed by atoms with van der Waals surface area (Å²) in [6.45, 7) is 10.4. The summed E-state index contributed by atoms with van der Waals surface area (Å²) in [5, 5.41) is 3.20. The molecule has 1 amide bonds. The van der Waals surface area contributed by atoms with Crippen LogP contribution in [0.5, 0.6) is 5.75 Å². The third-order valence-corrected chi connectivity index (χ3v) is 4.36. The fraction of sp³-hybridized carbons (Fsp3) is 0.435. The number of rotatable bonds is 8. The molecule has 3 heteroatoms. The summed E-state index contributed by atoms with van der Waals surface area (Å²) in [6.07, 6.45) is 1.03. The van der Waals surface area contributed by atoms with Gasteiger partial charge in [0.1, 0.15) is 5.75 Å². The second kappa shape index (κ2) is 9.42. The molecule has 0 fully saturated rings. The Morgan fingerprint density at radius 1 is 1.04 bits per heavy atom. The van der Waals surface area contributed by atoms with Crippen molar-refractivity contribution >= 4 is 5.91 Å². The highest BCUT2D eigenvalue weighted by atomic mass is 16.5. The lowest BCUT2D eigenvalue weighted by Crippen LogP contribution is -2.40. The quantitative estimate of drug-likeness (QED) is 0.693. The number of amides is 1. The van der Waals surface area contributed by atoms with Crippen LogP contribution in [-0.2, 0) is 4.79 Å². The van der Waals surface area contributed by atoms with Crippen LogP contribution < -0.4 is 10.1 Å². The molecule has 0 spiro atoms. The highest BCUT2D eigenvalue weighted by Crippen LogP contribution is 2.23. The second-order valence-corrected chi connectivity index (χ2v) is 7.44. The van der Waals surface area contributed by atoms with Gasteiger partial charge in [0.05, 0.1) is 6.04 Å². The van der Waals surface area contributed by atoms with E-state index in [2.05, 4.69) is 37.4 Å². The molecule has 0 bridgehead atoms. The predicted molar refractivity (Wildman–Crippen MR) is 107 cm³/mol. The van der Waals surface area contributed by atoms with E-state index in [0.29, 0.717) is 12.3 Å². The minimum atomic E-state index is -0.491. The zero-order valence-corrected chi connectivity index (χ0v) is 16.6. The van der Waals surface area contributed by atoms with E-state index in [-0.39, 0.29) is 11.9 Å². The number of carbonyl (C=O) groups is 1. The monoisotopic (exact) mass is 353 g/mol. The van der Waals surface area contributed by atoms with Crippen LogP contribution in [0.2, 0.25) is 0 Å². The zero-order chi connectivity index (χ0) is 19.1. The Balaban J connectivity index is 2.12. The molecule has 2 aromatic rings. The molecule has 0 saturated carbocycles. The lowest BCUT2D eigenvalue weighted by Gasteiger charge is -2.24. The van der Waals surface area contributed by atoms with E-state index >= 15 is 0 Å². The fourth-order valence-corrected chi connectivity index (χ4v) is 3.19. The highest BCUT2D eigenvalue weighted by molar-refractivity contribution is 5.81. The minimum absolute atomic E-state index is 0.000551. The van der Waals surface area contributed by atoms with Crippen molar-refractivity contribution in [3.8, 4) is 5.75 Å². The van der Waals surface area contributed by atoms with Gasteiger partial charge in [0.15, 0.2) is 6.10 Å². The summed E-state index contributed by atoms with van der Waals surface area (Å²) in [4.78, 5) is 12.9. The van der Waals surface area contributed by atoms with Crippen LogP contribution in [0.25, 0.3) is 0 Å². The average Bonchev–Trinajstić information content (AvgIpc) is 2.58. The molecule has 3 nitrogen and oxygen atoms in total. The number of hydrogen-bond acceptors (Lipinski definition) is 2. The molecule has 2 rings (SSSR count). The number of ether oxygens (including phenoxy) is 1. The van der Waals surface area contributed by atoms with Gasteiger partial charge in [0.2, 0.25) is 0 Å². The van der Waals surface area contributed by atoms with Crippen molar-refractivity contribution in [3.05, 3.63) is 65.2 Å². The summed E-state index contributed by atoms with van der Waals surface area (Å²) in [5.41, 5.74) is 3.41. The van der Waals surface area contributed by atoms with E-state index in [1.165, 1.54) is 0 Å². The maximum Gasteiger partial charge on any atom is 0.261 e. The van der Waals surface area contributed by atoms with Gasteiger partial charge in [-0.2, -0.15) is 0 Å². The Kier molecular flexibility index (Phi) is 7.26. The summed E-state index contributed by atoms with van der Waals surface area (Å²) >= 11 is 0. The number of carbonyl (C=O) groups excluding carboxylic acids is 1. The molecule has 0 saturated heterocycles. The number of hydrogen-bond donors (Lipinski definition) is 1. The molecule has 1 N–H and O–H groups in total. The first-order valence-electron chi connectivity index (χ1n) is 9.49. The third kappa shape index (κ3) is 5.91. The fourth-order valence-electron chi connectivity index (χ4n) is 3.19. The molecule has 0 heterocycles. The minimum Gasteiger partial charge on any atom is -0.481 e. The van der Waals surface area contributed by atoms with Gasteiger partial charge in [0.25, 0.3) is 5.91 Å². The molecule has 2 aromatic carbocycles.